The minimum absolute atomic E-state index is 0.190. The number of carboxylic acid groups (broad SMARTS) is 1. The molecule has 0 fully saturated rings. The zero-order chi connectivity index (χ0) is 11.0. The molecule has 0 heterocycles. The van der Waals surface area contributed by atoms with Gasteiger partial charge >= 0.3 is 12.0 Å². The van der Waals surface area contributed by atoms with E-state index in [1.807, 2.05) is 6.92 Å². The van der Waals surface area contributed by atoms with Gasteiger partial charge in [0.25, 0.3) is 0 Å². The summed E-state index contributed by atoms with van der Waals surface area (Å²) in [4.78, 5) is 20.7. The van der Waals surface area contributed by atoms with Crippen LogP contribution in [0.3, 0.4) is 0 Å². The largest absolute Gasteiger partial charge is 0.481 e. The third-order valence-corrected chi connectivity index (χ3v) is 2.20. The number of carbonyl (C=O) groups is 2. The maximum atomic E-state index is 10.4. The van der Waals surface area contributed by atoms with Crippen molar-refractivity contribution in [2.45, 2.75) is 32.6 Å². The Morgan fingerprint density at radius 2 is 2.07 bits per heavy atom. The van der Waals surface area contributed by atoms with E-state index in [1.54, 1.807) is 0 Å². The van der Waals surface area contributed by atoms with E-state index in [2.05, 4.69) is 5.32 Å². The lowest BCUT2D eigenvalue weighted by Gasteiger charge is -2.13. The van der Waals surface area contributed by atoms with Crippen molar-refractivity contribution in [3.05, 3.63) is 0 Å². The number of carbonyl (C=O) groups excluding carboxylic acids is 1. The van der Waals surface area contributed by atoms with Gasteiger partial charge in [0.05, 0.1) is 0 Å². The molecule has 0 radical (unpaired) electrons. The molecule has 14 heavy (non-hydrogen) atoms. The van der Waals surface area contributed by atoms with Gasteiger partial charge in [0.1, 0.15) is 0 Å². The number of hydrogen-bond donors (Lipinski definition) is 3. The molecule has 1 unspecified atom stereocenters. The van der Waals surface area contributed by atoms with Crippen LogP contribution < -0.4 is 11.1 Å². The highest BCUT2D eigenvalue weighted by Crippen LogP contribution is 2.14. The molecular formula is C9H18N2O3. The molecule has 2 amide bonds. The normalized spacial score (nSPS) is 12.1. The lowest BCUT2D eigenvalue weighted by Crippen LogP contribution is -2.31. The van der Waals surface area contributed by atoms with Gasteiger partial charge in [-0.3, -0.25) is 4.79 Å². The first-order chi connectivity index (χ1) is 6.56. The first kappa shape index (κ1) is 12.7. The van der Waals surface area contributed by atoms with Crippen molar-refractivity contribution in [2.24, 2.45) is 11.7 Å². The van der Waals surface area contributed by atoms with E-state index in [4.69, 9.17) is 10.8 Å². The number of aliphatic carboxylic acids is 1. The second-order valence-electron chi connectivity index (χ2n) is 3.29. The fraction of sp³-hybridized carbons (Fsp3) is 0.778. The topological polar surface area (TPSA) is 92.4 Å². The summed E-state index contributed by atoms with van der Waals surface area (Å²) in [6, 6.07) is -0.530. The molecule has 0 aromatic heterocycles. The summed E-state index contributed by atoms with van der Waals surface area (Å²) in [5, 5.41) is 11.0. The summed E-state index contributed by atoms with van der Waals surface area (Å²) in [7, 11) is 0. The van der Waals surface area contributed by atoms with Crippen LogP contribution in [0.4, 0.5) is 4.79 Å². The number of amides is 2. The maximum absolute atomic E-state index is 10.4. The third-order valence-electron chi connectivity index (χ3n) is 2.20. The average Bonchev–Trinajstić information content (AvgIpc) is 2.10. The molecule has 5 nitrogen and oxygen atoms in total. The van der Waals surface area contributed by atoms with Crippen LogP contribution in [0.25, 0.3) is 0 Å². The van der Waals surface area contributed by atoms with Crippen LogP contribution >= 0.6 is 0 Å². The fourth-order valence-electron chi connectivity index (χ4n) is 1.28. The van der Waals surface area contributed by atoms with Crippen molar-refractivity contribution in [1.82, 2.24) is 5.32 Å². The summed E-state index contributed by atoms with van der Waals surface area (Å²) in [6.45, 7) is 2.53. The summed E-state index contributed by atoms with van der Waals surface area (Å²) >= 11 is 0. The Bertz CT molecular complexity index is 194. The first-order valence-electron chi connectivity index (χ1n) is 4.81. The van der Waals surface area contributed by atoms with Gasteiger partial charge in [-0.1, -0.05) is 13.3 Å². The van der Waals surface area contributed by atoms with E-state index in [0.717, 1.165) is 12.8 Å². The van der Waals surface area contributed by atoms with Gasteiger partial charge in [0.15, 0.2) is 0 Å². The molecule has 82 valence electrons. The molecule has 5 heteroatoms. The molecule has 1 atom stereocenters. The van der Waals surface area contributed by atoms with Crippen molar-refractivity contribution >= 4 is 12.0 Å². The van der Waals surface area contributed by atoms with Crippen LogP contribution in [-0.2, 0) is 4.79 Å². The molecule has 0 spiro atoms. The SMILES string of the molecule is CCC(CCNC(N)=O)CCC(=O)O. The minimum atomic E-state index is -0.772. The van der Waals surface area contributed by atoms with E-state index in [-0.39, 0.29) is 6.42 Å². The number of nitrogens with two attached hydrogens (primary N) is 1. The summed E-state index contributed by atoms with van der Waals surface area (Å²) in [5.41, 5.74) is 4.90. The van der Waals surface area contributed by atoms with E-state index in [0.29, 0.717) is 18.9 Å². The zero-order valence-corrected chi connectivity index (χ0v) is 8.45. The van der Waals surface area contributed by atoms with E-state index < -0.39 is 12.0 Å². The number of rotatable bonds is 7. The highest BCUT2D eigenvalue weighted by atomic mass is 16.4. The van der Waals surface area contributed by atoms with Crippen molar-refractivity contribution in [2.75, 3.05) is 6.54 Å². The number of nitrogens with one attached hydrogen (secondary N) is 1. The lowest BCUT2D eigenvalue weighted by atomic mass is 9.97. The Morgan fingerprint density at radius 1 is 1.43 bits per heavy atom. The molecule has 0 aliphatic rings. The van der Waals surface area contributed by atoms with Gasteiger partial charge in [0.2, 0.25) is 0 Å². The predicted octanol–water partition coefficient (Wildman–Crippen LogP) is 0.936. The standard InChI is InChI=1S/C9H18N2O3/c1-2-7(3-4-8(12)13)5-6-11-9(10)14/h7H,2-6H2,1H3,(H,12,13)(H3,10,11,14). The Kier molecular flexibility index (Phi) is 6.53. The maximum Gasteiger partial charge on any atom is 0.312 e. The van der Waals surface area contributed by atoms with Crippen LogP contribution in [0.15, 0.2) is 0 Å². The van der Waals surface area contributed by atoms with Gasteiger partial charge in [-0.2, -0.15) is 0 Å². The fourth-order valence-corrected chi connectivity index (χ4v) is 1.28. The van der Waals surface area contributed by atoms with Crippen LogP contribution in [0.5, 0.6) is 0 Å². The molecular weight excluding hydrogens is 184 g/mol. The molecule has 0 aromatic carbocycles. The van der Waals surface area contributed by atoms with Gasteiger partial charge in [0, 0.05) is 13.0 Å². The summed E-state index contributed by atoms with van der Waals surface area (Å²) < 4.78 is 0. The molecule has 0 aliphatic heterocycles. The molecule has 4 N–H and O–H groups in total. The van der Waals surface area contributed by atoms with Crippen molar-refractivity contribution in [1.29, 1.82) is 0 Å². The van der Waals surface area contributed by atoms with Crippen LogP contribution in [-0.4, -0.2) is 23.7 Å². The van der Waals surface area contributed by atoms with Gasteiger partial charge in [-0.15, -0.1) is 0 Å². The smallest absolute Gasteiger partial charge is 0.312 e. The zero-order valence-electron chi connectivity index (χ0n) is 8.45. The monoisotopic (exact) mass is 202 g/mol. The Balaban J connectivity index is 3.57. The van der Waals surface area contributed by atoms with Crippen molar-refractivity contribution in [3.8, 4) is 0 Å². The van der Waals surface area contributed by atoms with Crippen LogP contribution in [0, 0.1) is 5.92 Å². The molecule has 0 bridgehead atoms. The average molecular weight is 202 g/mol. The quantitative estimate of drug-likeness (QED) is 0.573. The van der Waals surface area contributed by atoms with Crippen LogP contribution in [0.2, 0.25) is 0 Å². The number of primary amides is 1. The molecule has 0 aromatic rings. The van der Waals surface area contributed by atoms with Crippen molar-refractivity contribution < 1.29 is 14.7 Å². The Morgan fingerprint density at radius 3 is 2.50 bits per heavy atom. The molecule has 0 saturated heterocycles. The summed E-state index contributed by atoms with van der Waals surface area (Å²) in [5.74, 6) is -0.427. The number of urea groups is 1. The molecule has 0 saturated carbocycles. The second-order valence-corrected chi connectivity index (χ2v) is 3.29. The van der Waals surface area contributed by atoms with Gasteiger partial charge < -0.3 is 16.2 Å². The lowest BCUT2D eigenvalue weighted by molar-refractivity contribution is -0.137. The van der Waals surface area contributed by atoms with E-state index >= 15 is 0 Å². The minimum Gasteiger partial charge on any atom is -0.481 e. The number of carboxylic acids is 1. The Hall–Kier alpha value is -1.26. The Labute approximate surface area is 83.7 Å². The first-order valence-corrected chi connectivity index (χ1v) is 4.81. The van der Waals surface area contributed by atoms with Gasteiger partial charge in [-0.05, 0) is 18.8 Å². The summed E-state index contributed by atoms with van der Waals surface area (Å²) in [6.07, 6.45) is 2.56. The van der Waals surface area contributed by atoms with Crippen LogP contribution in [0.1, 0.15) is 32.6 Å². The number of hydrogen-bond acceptors (Lipinski definition) is 2. The van der Waals surface area contributed by atoms with E-state index in [9.17, 15) is 9.59 Å². The predicted molar refractivity (Wildman–Crippen MR) is 52.9 cm³/mol. The molecule has 0 aliphatic carbocycles. The van der Waals surface area contributed by atoms with E-state index in [1.165, 1.54) is 0 Å². The van der Waals surface area contributed by atoms with Gasteiger partial charge in [-0.25, -0.2) is 4.79 Å². The third kappa shape index (κ3) is 7.39. The van der Waals surface area contributed by atoms with Crippen molar-refractivity contribution in [3.63, 3.8) is 0 Å². The second kappa shape index (κ2) is 7.17. The highest BCUT2D eigenvalue weighted by Gasteiger charge is 2.08. The highest BCUT2D eigenvalue weighted by molar-refractivity contribution is 5.71. The molecule has 0 rings (SSSR count).